The Balaban J connectivity index is 1.51. The van der Waals surface area contributed by atoms with Crippen molar-refractivity contribution < 1.29 is 19.1 Å². The summed E-state index contributed by atoms with van der Waals surface area (Å²) in [5.41, 5.74) is 1.61. The van der Waals surface area contributed by atoms with Crippen LogP contribution in [0.4, 0.5) is 0 Å². The molecule has 0 bridgehead atoms. The zero-order valence-corrected chi connectivity index (χ0v) is 25.2. The zero-order chi connectivity index (χ0) is 28.4. The maximum Gasteiger partial charge on any atom is 0.322 e. The number of carbonyl (C=O) groups excluding carboxylic acids is 2. The van der Waals surface area contributed by atoms with Crippen LogP contribution in [0.2, 0.25) is 40.2 Å². The number of esters is 2. The first kappa shape index (κ1) is 30.1. The number of ether oxygens (including phenoxy) is 2. The highest BCUT2D eigenvalue weighted by Gasteiger charge is 2.22. The Morgan fingerprint density at radius 3 is 1.21 bits per heavy atom. The van der Waals surface area contributed by atoms with Crippen molar-refractivity contribution in [2.75, 3.05) is 0 Å². The van der Waals surface area contributed by atoms with E-state index < -0.39 is 18.4 Å². The minimum atomic E-state index is -0.927. The Hall–Kier alpha value is -1.86. The van der Waals surface area contributed by atoms with Gasteiger partial charge in [-0.15, -0.1) is 0 Å². The van der Waals surface area contributed by atoms with Crippen molar-refractivity contribution in [3.05, 3.63) is 101 Å². The molecular formula is C27H12Cl8O4. The van der Waals surface area contributed by atoms with E-state index in [4.69, 9.17) is 102 Å². The average molecular weight is 684 g/mol. The molecule has 0 amide bonds. The van der Waals surface area contributed by atoms with Gasteiger partial charge >= 0.3 is 11.9 Å². The summed E-state index contributed by atoms with van der Waals surface area (Å²) in [7, 11) is 0. The molecule has 4 aromatic carbocycles. The molecule has 4 nitrogen and oxygen atoms in total. The molecule has 0 spiro atoms. The van der Waals surface area contributed by atoms with Gasteiger partial charge in [0.05, 0.1) is 30.1 Å². The quantitative estimate of drug-likeness (QED) is 0.115. The number of hydrogen-bond donors (Lipinski definition) is 0. The summed E-state index contributed by atoms with van der Waals surface area (Å²) in [5, 5.41) is 1.80. The topological polar surface area (TPSA) is 52.6 Å². The van der Waals surface area contributed by atoms with Gasteiger partial charge in [0.25, 0.3) is 0 Å². The van der Waals surface area contributed by atoms with Gasteiger partial charge in [0.1, 0.15) is 17.9 Å². The summed E-state index contributed by atoms with van der Waals surface area (Å²) in [4.78, 5) is 25.1. The molecule has 0 aromatic heterocycles. The number of hydrogen-bond acceptors (Lipinski definition) is 4. The Labute approximate surface area is 263 Å². The standard InChI is InChI=1S/C27H12Cl8O4/c28-12-7-16(30)24(17(31)8-12)14-3-1-5-20(26(14)34)38-22(36)11-23(37)39-21-6-2-4-15(27(21)35)25-18(32)9-13(29)10-19(25)33/h1-10H,11H2. The fraction of sp³-hybridized carbons (Fsp3) is 0.0370. The first-order chi connectivity index (χ1) is 18.5. The normalized spacial score (nSPS) is 10.9. The van der Waals surface area contributed by atoms with Gasteiger partial charge in [0, 0.05) is 32.3 Å². The summed E-state index contributed by atoms with van der Waals surface area (Å²) in [6.07, 6.45) is -0.744. The Morgan fingerprint density at radius 1 is 0.538 bits per heavy atom. The molecule has 0 heterocycles. The van der Waals surface area contributed by atoms with Crippen LogP contribution in [0.1, 0.15) is 6.42 Å². The van der Waals surface area contributed by atoms with Crippen LogP contribution < -0.4 is 9.47 Å². The van der Waals surface area contributed by atoms with Crippen molar-refractivity contribution in [1.29, 1.82) is 0 Å². The lowest BCUT2D eigenvalue weighted by Gasteiger charge is -2.14. The van der Waals surface area contributed by atoms with E-state index in [1.807, 2.05) is 0 Å². The molecule has 0 radical (unpaired) electrons. The number of halogens is 8. The van der Waals surface area contributed by atoms with Crippen molar-refractivity contribution in [3.63, 3.8) is 0 Å². The van der Waals surface area contributed by atoms with Gasteiger partial charge < -0.3 is 9.47 Å². The highest BCUT2D eigenvalue weighted by Crippen LogP contribution is 2.44. The van der Waals surface area contributed by atoms with E-state index in [1.54, 1.807) is 24.3 Å². The summed E-state index contributed by atoms with van der Waals surface area (Å²) in [5.74, 6) is -1.88. The molecule has 0 saturated heterocycles. The molecular weight excluding hydrogens is 672 g/mol. The molecule has 0 aliphatic rings. The number of benzene rings is 4. The minimum Gasteiger partial charge on any atom is -0.424 e. The second kappa shape index (κ2) is 12.8. The van der Waals surface area contributed by atoms with E-state index in [2.05, 4.69) is 0 Å². The summed E-state index contributed by atoms with van der Waals surface area (Å²) < 4.78 is 10.6. The van der Waals surface area contributed by atoms with Crippen molar-refractivity contribution >= 4 is 105 Å². The lowest BCUT2D eigenvalue weighted by molar-refractivity contribution is -0.144. The van der Waals surface area contributed by atoms with Gasteiger partial charge in [-0.1, -0.05) is 117 Å². The third-order valence-electron chi connectivity index (χ3n) is 5.22. The van der Waals surface area contributed by atoms with Crippen molar-refractivity contribution in [1.82, 2.24) is 0 Å². The SMILES string of the molecule is O=C(CC(=O)Oc1cccc(-c2c(Cl)cc(Cl)cc2Cl)c1Cl)Oc1cccc(-c2c(Cl)cc(Cl)cc2Cl)c1Cl. The van der Waals surface area contributed by atoms with E-state index in [9.17, 15) is 9.59 Å². The largest absolute Gasteiger partial charge is 0.424 e. The van der Waals surface area contributed by atoms with Gasteiger partial charge in [-0.3, -0.25) is 9.59 Å². The molecule has 200 valence electrons. The smallest absolute Gasteiger partial charge is 0.322 e. The minimum absolute atomic E-state index is 0.0129. The van der Waals surface area contributed by atoms with Gasteiger partial charge in [0.2, 0.25) is 0 Å². The molecule has 0 saturated carbocycles. The van der Waals surface area contributed by atoms with Crippen LogP contribution in [0, 0.1) is 0 Å². The molecule has 39 heavy (non-hydrogen) atoms. The van der Waals surface area contributed by atoms with E-state index in [-0.39, 0.29) is 41.6 Å². The third kappa shape index (κ3) is 6.90. The zero-order valence-electron chi connectivity index (χ0n) is 19.1. The number of carbonyl (C=O) groups is 2. The van der Waals surface area contributed by atoms with Gasteiger partial charge in [-0.2, -0.15) is 0 Å². The Bertz CT molecular complexity index is 1450. The molecule has 0 N–H and O–H groups in total. The first-order valence-corrected chi connectivity index (χ1v) is 13.8. The average Bonchev–Trinajstić information content (AvgIpc) is 2.82. The molecule has 4 aromatic rings. The van der Waals surface area contributed by atoms with Crippen LogP contribution in [-0.4, -0.2) is 11.9 Å². The highest BCUT2D eigenvalue weighted by molar-refractivity contribution is 6.44. The van der Waals surface area contributed by atoms with Crippen LogP contribution in [0.25, 0.3) is 22.3 Å². The highest BCUT2D eigenvalue weighted by atomic mass is 35.5. The first-order valence-electron chi connectivity index (χ1n) is 10.7. The maximum atomic E-state index is 12.6. The van der Waals surface area contributed by atoms with Crippen LogP contribution in [0.15, 0.2) is 60.7 Å². The molecule has 0 fully saturated rings. The van der Waals surface area contributed by atoms with Crippen LogP contribution in [0.3, 0.4) is 0 Å². The number of rotatable bonds is 6. The van der Waals surface area contributed by atoms with Crippen LogP contribution in [0.5, 0.6) is 11.5 Å². The third-order valence-corrected chi connectivity index (χ3v) is 7.62. The monoisotopic (exact) mass is 680 g/mol. The molecule has 0 unspecified atom stereocenters. The van der Waals surface area contributed by atoms with Crippen LogP contribution >= 0.6 is 92.8 Å². The summed E-state index contributed by atoms with van der Waals surface area (Å²) in [6.45, 7) is 0. The Morgan fingerprint density at radius 2 is 0.872 bits per heavy atom. The molecule has 0 atom stereocenters. The van der Waals surface area contributed by atoms with Crippen molar-refractivity contribution in [2.24, 2.45) is 0 Å². The fourth-order valence-corrected chi connectivity index (χ4v) is 6.16. The van der Waals surface area contributed by atoms with Gasteiger partial charge in [0.15, 0.2) is 0 Å². The predicted octanol–water partition coefficient (Wildman–Crippen LogP) is 11.1. The summed E-state index contributed by atoms with van der Waals surface area (Å²) in [6, 6.07) is 15.4. The predicted molar refractivity (Wildman–Crippen MR) is 160 cm³/mol. The molecule has 0 aliphatic heterocycles. The van der Waals surface area contributed by atoms with Gasteiger partial charge in [-0.25, -0.2) is 0 Å². The second-order valence-electron chi connectivity index (χ2n) is 7.85. The maximum absolute atomic E-state index is 12.6. The van der Waals surface area contributed by atoms with Crippen molar-refractivity contribution in [2.45, 2.75) is 6.42 Å². The molecule has 12 heteroatoms. The summed E-state index contributed by atoms with van der Waals surface area (Å²) >= 11 is 50.1. The molecule has 0 aliphatic carbocycles. The molecule has 4 rings (SSSR count). The van der Waals surface area contributed by atoms with E-state index >= 15 is 0 Å². The lowest BCUT2D eigenvalue weighted by atomic mass is 10.0. The van der Waals surface area contributed by atoms with E-state index in [1.165, 1.54) is 36.4 Å². The Kier molecular flexibility index (Phi) is 9.85. The van der Waals surface area contributed by atoms with E-state index in [0.717, 1.165) is 0 Å². The van der Waals surface area contributed by atoms with Crippen LogP contribution in [-0.2, 0) is 9.59 Å². The van der Waals surface area contributed by atoms with Crippen molar-refractivity contribution in [3.8, 4) is 33.8 Å². The van der Waals surface area contributed by atoms with Gasteiger partial charge in [-0.05, 0) is 36.4 Å². The second-order valence-corrected chi connectivity index (χ2v) is 11.1. The lowest BCUT2D eigenvalue weighted by Crippen LogP contribution is -2.18. The fourth-order valence-electron chi connectivity index (χ4n) is 3.60. The van der Waals surface area contributed by atoms with E-state index in [0.29, 0.717) is 32.3 Å².